The summed E-state index contributed by atoms with van der Waals surface area (Å²) in [6.07, 6.45) is 1.58. The lowest BCUT2D eigenvalue weighted by Crippen LogP contribution is -2.42. The van der Waals surface area contributed by atoms with Crippen molar-refractivity contribution in [2.75, 3.05) is 11.4 Å². The summed E-state index contributed by atoms with van der Waals surface area (Å²) in [6.45, 7) is 3.56. The molecule has 0 atom stereocenters. The molecular formula is C19H23N3O. The first-order valence-corrected chi connectivity index (χ1v) is 8.11. The molecule has 0 aliphatic heterocycles. The molecule has 0 saturated heterocycles. The third-order valence-corrected chi connectivity index (χ3v) is 4.33. The van der Waals surface area contributed by atoms with Crippen molar-refractivity contribution < 1.29 is 4.79 Å². The van der Waals surface area contributed by atoms with Gasteiger partial charge in [0.1, 0.15) is 0 Å². The van der Waals surface area contributed by atoms with Gasteiger partial charge in [0.2, 0.25) is 5.91 Å². The quantitative estimate of drug-likeness (QED) is 0.862. The maximum Gasteiger partial charge on any atom is 0.240 e. The number of hydrogen-bond donors (Lipinski definition) is 2. The molecule has 1 aliphatic carbocycles. The highest BCUT2D eigenvalue weighted by Crippen LogP contribution is 2.32. The Kier molecular flexibility index (Phi) is 4.35. The zero-order chi connectivity index (χ0) is 16.3. The zero-order valence-electron chi connectivity index (χ0n) is 13.5. The van der Waals surface area contributed by atoms with E-state index >= 15 is 0 Å². The fourth-order valence-corrected chi connectivity index (χ4v) is 2.64. The van der Waals surface area contributed by atoms with E-state index in [0.717, 1.165) is 30.6 Å². The third-order valence-electron chi connectivity index (χ3n) is 4.33. The van der Waals surface area contributed by atoms with E-state index in [-0.39, 0.29) is 5.91 Å². The lowest BCUT2D eigenvalue weighted by Gasteiger charge is -2.23. The van der Waals surface area contributed by atoms with Crippen molar-refractivity contribution in [1.29, 1.82) is 0 Å². The van der Waals surface area contributed by atoms with Crippen molar-refractivity contribution in [3.8, 4) is 0 Å². The molecule has 23 heavy (non-hydrogen) atoms. The summed E-state index contributed by atoms with van der Waals surface area (Å²) < 4.78 is 0. The van der Waals surface area contributed by atoms with E-state index in [1.165, 1.54) is 5.69 Å². The van der Waals surface area contributed by atoms with E-state index in [0.29, 0.717) is 6.54 Å². The average molecular weight is 309 g/mol. The molecule has 1 saturated carbocycles. The van der Waals surface area contributed by atoms with Gasteiger partial charge < -0.3 is 16.0 Å². The normalized spacial score (nSPS) is 15.0. The van der Waals surface area contributed by atoms with E-state index in [2.05, 4.69) is 53.5 Å². The van der Waals surface area contributed by atoms with Crippen LogP contribution in [0, 0.1) is 0 Å². The summed E-state index contributed by atoms with van der Waals surface area (Å²) >= 11 is 0. The van der Waals surface area contributed by atoms with Gasteiger partial charge in [-0.2, -0.15) is 0 Å². The first-order valence-electron chi connectivity index (χ1n) is 8.11. The van der Waals surface area contributed by atoms with Crippen LogP contribution in [0.15, 0.2) is 54.6 Å². The van der Waals surface area contributed by atoms with Crippen LogP contribution in [0.1, 0.15) is 25.3 Å². The molecule has 3 rings (SSSR count). The van der Waals surface area contributed by atoms with Crippen molar-refractivity contribution in [2.45, 2.75) is 31.8 Å². The molecule has 2 aromatic carbocycles. The van der Waals surface area contributed by atoms with E-state index in [9.17, 15) is 4.79 Å². The van der Waals surface area contributed by atoms with E-state index in [1.54, 1.807) is 0 Å². The molecule has 0 heterocycles. The number of rotatable bonds is 6. The van der Waals surface area contributed by atoms with Crippen LogP contribution in [0.25, 0.3) is 0 Å². The van der Waals surface area contributed by atoms with Gasteiger partial charge in [0.15, 0.2) is 0 Å². The van der Waals surface area contributed by atoms with Crippen molar-refractivity contribution in [1.82, 2.24) is 5.32 Å². The smallest absolute Gasteiger partial charge is 0.240 e. The third kappa shape index (κ3) is 3.54. The Bertz CT molecular complexity index is 663. The number of nitrogens with two attached hydrogens (primary N) is 1. The lowest BCUT2D eigenvalue weighted by molar-refractivity contribution is -0.123. The molecular weight excluding hydrogens is 286 g/mol. The Hall–Kier alpha value is -2.33. The fourth-order valence-electron chi connectivity index (χ4n) is 2.64. The van der Waals surface area contributed by atoms with E-state index in [1.807, 2.05) is 18.2 Å². The minimum Gasteiger partial charge on any atom is -0.350 e. The Morgan fingerprint density at radius 3 is 2.26 bits per heavy atom. The Labute approximate surface area is 137 Å². The number of carbonyl (C=O) groups excluding carboxylic acids is 1. The largest absolute Gasteiger partial charge is 0.350 e. The van der Waals surface area contributed by atoms with Gasteiger partial charge in [-0.3, -0.25) is 4.79 Å². The standard InChI is InChI=1S/C19H23N3O/c1-2-22(16-6-4-3-5-7-16)17-10-8-15(9-11-17)14-21-18(23)19(20)12-13-19/h3-11H,2,12-14,20H2,1H3,(H,21,23). The molecule has 2 aromatic rings. The Morgan fingerprint density at radius 2 is 1.70 bits per heavy atom. The highest BCUT2D eigenvalue weighted by atomic mass is 16.2. The molecule has 1 aliphatic rings. The highest BCUT2D eigenvalue weighted by Gasteiger charge is 2.45. The topological polar surface area (TPSA) is 58.4 Å². The summed E-state index contributed by atoms with van der Waals surface area (Å²) in [5.74, 6) is -0.0407. The molecule has 0 bridgehead atoms. The number of benzene rings is 2. The van der Waals surface area contributed by atoms with Gasteiger partial charge in [-0.1, -0.05) is 30.3 Å². The molecule has 120 valence electrons. The second-order valence-electron chi connectivity index (χ2n) is 6.09. The van der Waals surface area contributed by atoms with E-state index in [4.69, 9.17) is 5.73 Å². The molecule has 1 amide bonds. The minimum absolute atomic E-state index is 0.0407. The van der Waals surface area contributed by atoms with Crippen LogP contribution in [0.2, 0.25) is 0 Å². The van der Waals surface area contributed by atoms with Gasteiger partial charge in [-0.15, -0.1) is 0 Å². The number of nitrogens with zero attached hydrogens (tertiary/aromatic N) is 1. The number of nitrogens with one attached hydrogen (secondary N) is 1. The van der Waals surface area contributed by atoms with Crippen LogP contribution in [0.3, 0.4) is 0 Å². The number of carbonyl (C=O) groups is 1. The number of anilines is 2. The first-order chi connectivity index (χ1) is 11.1. The van der Waals surface area contributed by atoms with Crippen molar-refractivity contribution >= 4 is 17.3 Å². The van der Waals surface area contributed by atoms with Crippen LogP contribution in [0.5, 0.6) is 0 Å². The molecule has 1 fully saturated rings. The van der Waals surface area contributed by atoms with E-state index < -0.39 is 5.54 Å². The summed E-state index contributed by atoms with van der Waals surface area (Å²) in [4.78, 5) is 14.1. The first kappa shape index (κ1) is 15.6. The van der Waals surface area contributed by atoms with Gasteiger partial charge in [0.05, 0.1) is 5.54 Å². The van der Waals surface area contributed by atoms with Crippen LogP contribution in [-0.2, 0) is 11.3 Å². The molecule has 0 unspecified atom stereocenters. The monoisotopic (exact) mass is 309 g/mol. The number of para-hydroxylation sites is 1. The van der Waals surface area contributed by atoms with Crippen LogP contribution >= 0.6 is 0 Å². The summed E-state index contributed by atoms with van der Waals surface area (Å²) in [6, 6.07) is 18.6. The number of amides is 1. The van der Waals surface area contributed by atoms with Crippen LogP contribution < -0.4 is 16.0 Å². The van der Waals surface area contributed by atoms with Crippen molar-refractivity contribution in [3.63, 3.8) is 0 Å². The van der Waals surface area contributed by atoms with Gasteiger partial charge in [-0.05, 0) is 49.6 Å². The zero-order valence-corrected chi connectivity index (χ0v) is 13.5. The second kappa shape index (κ2) is 6.42. The SMILES string of the molecule is CCN(c1ccccc1)c1ccc(CNC(=O)C2(N)CC2)cc1. The molecule has 4 heteroatoms. The Morgan fingerprint density at radius 1 is 1.09 bits per heavy atom. The van der Waals surface area contributed by atoms with Crippen molar-refractivity contribution in [3.05, 3.63) is 60.2 Å². The van der Waals surface area contributed by atoms with Gasteiger partial charge >= 0.3 is 0 Å². The molecule has 0 radical (unpaired) electrons. The maximum atomic E-state index is 11.9. The molecule has 0 aromatic heterocycles. The van der Waals surface area contributed by atoms with Gasteiger partial charge in [0, 0.05) is 24.5 Å². The molecule has 3 N–H and O–H groups in total. The molecule has 4 nitrogen and oxygen atoms in total. The summed E-state index contributed by atoms with van der Waals surface area (Å²) in [5, 5.41) is 2.92. The van der Waals surface area contributed by atoms with Crippen LogP contribution in [-0.4, -0.2) is 18.0 Å². The fraction of sp³-hybridized carbons (Fsp3) is 0.316. The van der Waals surface area contributed by atoms with Crippen molar-refractivity contribution in [2.24, 2.45) is 5.73 Å². The summed E-state index contributed by atoms with van der Waals surface area (Å²) in [7, 11) is 0. The second-order valence-corrected chi connectivity index (χ2v) is 6.09. The summed E-state index contributed by atoms with van der Waals surface area (Å²) in [5.41, 5.74) is 8.68. The predicted molar refractivity (Wildman–Crippen MR) is 93.6 cm³/mol. The number of hydrogen-bond acceptors (Lipinski definition) is 3. The van der Waals surface area contributed by atoms with Crippen LogP contribution in [0.4, 0.5) is 11.4 Å². The van der Waals surface area contributed by atoms with Gasteiger partial charge in [0.25, 0.3) is 0 Å². The lowest BCUT2D eigenvalue weighted by atomic mass is 10.1. The Balaban J connectivity index is 1.65. The highest BCUT2D eigenvalue weighted by molar-refractivity contribution is 5.88. The maximum absolute atomic E-state index is 11.9. The predicted octanol–water partition coefficient (Wildman–Crippen LogP) is 2.95. The average Bonchev–Trinajstić information content (AvgIpc) is 3.34. The van der Waals surface area contributed by atoms with Gasteiger partial charge in [-0.25, -0.2) is 0 Å². The molecule has 0 spiro atoms. The minimum atomic E-state index is -0.605.